The number of hydrogen-bond donors (Lipinski definition) is 1. The van der Waals surface area contributed by atoms with Crippen molar-refractivity contribution in [1.29, 1.82) is 0 Å². The van der Waals surface area contributed by atoms with Gasteiger partial charge in [-0.05, 0) is 81.6 Å². The summed E-state index contributed by atoms with van der Waals surface area (Å²) in [6.07, 6.45) is 1.53. The van der Waals surface area contributed by atoms with Crippen molar-refractivity contribution in [2.75, 3.05) is 6.61 Å². The number of nitrogens with one attached hydrogen (secondary N) is 1. The minimum atomic E-state index is -0.459. The van der Waals surface area contributed by atoms with Crippen LogP contribution in [0.4, 0.5) is 0 Å². The molecule has 0 unspecified atom stereocenters. The number of aryl methyl sites for hydroxylation is 1. The summed E-state index contributed by atoms with van der Waals surface area (Å²) in [5.41, 5.74) is 6.07. The minimum Gasteiger partial charge on any atom is -0.490 e. The van der Waals surface area contributed by atoms with Gasteiger partial charge in [0.15, 0.2) is 17.3 Å². The number of carbonyl (C=O) groups is 1. The third-order valence-electron chi connectivity index (χ3n) is 5.01. The molecule has 1 aromatic heterocycles. The van der Waals surface area contributed by atoms with Crippen LogP contribution in [0.25, 0.3) is 11.0 Å². The van der Waals surface area contributed by atoms with Gasteiger partial charge in [0, 0.05) is 19.9 Å². The zero-order valence-corrected chi connectivity index (χ0v) is 23.7. The fraction of sp³-hybridized carbons (Fsp3) is 0.154. The van der Waals surface area contributed by atoms with Gasteiger partial charge in [0.25, 0.3) is 0 Å². The highest BCUT2D eigenvalue weighted by Crippen LogP contribution is 2.34. The van der Waals surface area contributed by atoms with Crippen molar-refractivity contribution < 1.29 is 18.7 Å². The van der Waals surface area contributed by atoms with Gasteiger partial charge < -0.3 is 13.9 Å². The van der Waals surface area contributed by atoms with Crippen LogP contribution in [-0.4, -0.2) is 18.7 Å². The molecular formula is C26H21Br3N2O4. The molecule has 1 heterocycles. The molecule has 9 heteroatoms. The Labute approximate surface area is 228 Å². The Morgan fingerprint density at radius 3 is 2.49 bits per heavy atom. The van der Waals surface area contributed by atoms with Crippen molar-refractivity contribution in [1.82, 2.24) is 5.43 Å². The van der Waals surface area contributed by atoms with Gasteiger partial charge in [-0.2, -0.15) is 5.10 Å². The molecule has 1 amide bonds. The van der Waals surface area contributed by atoms with Gasteiger partial charge >= 0.3 is 5.91 Å². The highest BCUT2D eigenvalue weighted by Gasteiger charge is 2.15. The smallest absolute Gasteiger partial charge is 0.307 e. The predicted molar refractivity (Wildman–Crippen MR) is 147 cm³/mol. The van der Waals surface area contributed by atoms with E-state index in [9.17, 15) is 4.79 Å². The number of hydrogen-bond acceptors (Lipinski definition) is 5. The number of fused-ring (bicyclic) bond motifs is 1. The summed E-state index contributed by atoms with van der Waals surface area (Å²) in [6.45, 7) is 4.85. The molecule has 4 rings (SSSR count). The SMILES string of the molecule is CCOc1cc(/C=N\NC(=O)c2cc3cc(Br)cc(Br)c3o2)c(Br)cc1OCc1ccc(C)cc1. The van der Waals surface area contributed by atoms with Crippen LogP contribution >= 0.6 is 47.8 Å². The van der Waals surface area contributed by atoms with Crippen molar-refractivity contribution >= 4 is 70.9 Å². The Bertz CT molecular complexity index is 1400. The van der Waals surface area contributed by atoms with Crippen molar-refractivity contribution in [3.8, 4) is 11.5 Å². The van der Waals surface area contributed by atoms with E-state index in [-0.39, 0.29) is 5.76 Å². The van der Waals surface area contributed by atoms with Crippen molar-refractivity contribution in [3.63, 3.8) is 0 Å². The van der Waals surface area contributed by atoms with Gasteiger partial charge in [0.2, 0.25) is 0 Å². The fourth-order valence-electron chi connectivity index (χ4n) is 3.28. The Balaban J connectivity index is 1.47. The van der Waals surface area contributed by atoms with E-state index in [1.54, 1.807) is 6.07 Å². The van der Waals surface area contributed by atoms with Gasteiger partial charge in [0.1, 0.15) is 12.2 Å². The van der Waals surface area contributed by atoms with Crippen LogP contribution in [0.15, 0.2) is 77.5 Å². The molecule has 3 aromatic carbocycles. The Hall–Kier alpha value is -2.62. The lowest BCUT2D eigenvalue weighted by Crippen LogP contribution is -2.16. The molecule has 0 atom stereocenters. The largest absolute Gasteiger partial charge is 0.490 e. The van der Waals surface area contributed by atoms with Crippen LogP contribution in [0.5, 0.6) is 11.5 Å². The average molecular weight is 665 g/mol. The van der Waals surface area contributed by atoms with E-state index < -0.39 is 5.91 Å². The topological polar surface area (TPSA) is 73.1 Å². The van der Waals surface area contributed by atoms with E-state index in [0.29, 0.717) is 35.9 Å². The number of halogens is 3. The van der Waals surface area contributed by atoms with Crippen LogP contribution in [-0.2, 0) is 6.61 Å². The second-order valence-electron chi connectivity index (χ2n) is 7.64. The van der Waals surface area contributed by atoms with Gasteiger partial charge in [-0.3, -0.25) is 4.79 Å². The second kappa shape index (κ2) is 11.4. The molecule has 0 saturated carbocycles. The van der Waals surface area contributed by atoms with Crippen LogP contribution in [0.2, 0.25) is 0 Å². The molecule has 0 spiro atoms. The molecule has 0 aliphatic rings. The summed E-state index contributed by atoms with van der Waals surface area (Å²) in [4.78, 5) is 12.5. The Morgan fingerprint density at radius 2 is 1.74 bits per heavy atom. The summed E-state index contributed by atoms with van der Waals surface area (Å²) >= 11 is 10.4. The predicted octanol–water partition coefficient (Wildman–Crippen LogP) is 7.77. The van der Waals surface area contributed by atoms with Gasteiger partial charge in [-0.1, -0.05) is 45.8 Å². The van der Waals surface area contributed by atoms with Crippen LogP contribution in [0.3, 0.4) is 0 Å². The molecule has 0 radical (unpaired) electrons. The first-order valence-corrected chi connectivity index (χ1v) is 13.1. The maximum Gasteiger partial charge on any atom is 0.307 e. The van der Waals surface area contributed by atoms with Crippen molar-refractivity contribution in [2.24, 2.45) is 5.10 Å². The van der Waals surface area contributed by atoms with Crippen LogP contribution < -0.4 is 14.9 Å². The van der Waals surface area contributed by atoms with E-state index in [4.69, 9.17) is 13.9 Å². The van der Waals surface area contributed by atoms with E-state index in [2.05, 4.69) is 70.4 Å². The lowest BCUT2D eigenvalue weighted by Gasteiger charge is -2.14. The maximum absolute atomic E-state index is 12.5. The molecule has 0 aliphatic heterocycles. The summed E-state index contributed by atoms with van der Waals surface area (Å²) in [5, 5.41) is 4.89. The van der Waals surface area contributed by atoms with Crippen LogP contribution in [0, 0.1) is 6.92 Å². The summed E-state index contributed by atoms with van der Waals surface area (Å²) in [7, 11) is 0. The lowest BCUT2D eigenvalue weighted by atomic mass is 10.1. The number of benzene rings is 3. The number of nitrogens with zero attached hydrogens (tertiary/aromatic N) is 1. The van der Waals surface area contributed by atoms with E-state index in [1.807, 2.05) is 50.2 Å². The molecule has 6 nitrogen and oxygen atoms in total. The molecular weight excluding hydrogens is 644 g/mol. The van der Waals surface area contributed by atoms with Gasteiger partial charge in [-0.25, -0.2) is 5.43 Å². The first-order chi connectivity index (χ1) is 16.8. The molecule has 0 aliphatic carbocycles. The third kappa shape index (κ3) is 6.34. The molecule has 4 aromatic rings. The maximum atomic E-state index is 12.5. The molecule has 35 heavy (non-hydrogen) atoms. The number of rotatable bonds is 8. The first kappa shape index (κ1) is 25.5. The number of amides is 1. The summed E-state index contributed by atoms with van der Waals surface area (Å²) < 4.78 is 19.8. The molecule has 0 saturated heterocycles. The number of hydrazone groups is 1. The Kier molecular flexibility index (Phi) is 8.30. The fourth-order valence-corrected chi connectivity index (χ4v) is 5.04. The highest BCUT2D eigenvalue weighted by molar-refractivity contribution is 9.11. The van der Waals surface area contributed by atoms with E-state index in [0.717, 1.165) is 24.4 Å². The quantitative estimate of drug-likeness (QED) is 0.154. The summed E-state index contributed by atoms with van der Waals surface area (Å²) in [5.74, 6) is 0.896. The first-order valence-electron chi connectivity index (χ1n) is 10.7. The minimum absolute atomic E-state index is 0.157. The average Bonchev–Trinajstić information content (AvgIpc) is 3.25. The Morgan fingerprint density at radius 1 is 1.00 bits per heavy atom. The van der Waals surface area contributed by atoms with E-state index >= 15 is 0 Å². The normalized spacial score (nSPS) is 11.2. The highest BCUT2D eigenvalue weighted by atomic mass is 79.9. The lowest BCUT2D eigenvalue weighted by molar-refractivity contribution is 0.0929. The molecule has 0 fully saturated rings. The second-order valence-corrected chi connectivity index (χ2v) is 10.3. The zero-order valence-electron chi connectivity index (χ0n) is 18.9. The third-order valence-corrected chi connectivity index (χ3v) is 6.74. The number of furan rings is 1. The number of carbonyl (C=O) groups excluding carboxylic acids is 1. The van der Waals surface area contributed by atoms with E-state index in [1.165, 1.54) is 11.8 Å². The molecule has 180 valence electrons. The van der Waals surface area contributed by atoms with Gasteiger partial charge in [-0.15, -0.1) is 0 Å². The van der Waals surface area contributed by atoms with Crippen LogP contribution in [0.1, 0.15) is 34.2 Å². The molecule has 0 bridgehead atoms. The van der Waals surface area contributed by atoms with Crippen molar-refractivity contribution in [2.45, 2.75) is 20.5 Å². The van der Waals surface area contributed by atoms with Crippen molar-refractivity contribution in [3.05, 3.63) is 90.5 Å². The van der Waals surface area contributed by atoms with Gasteiger partial charge in [0.05, 0.1) is 17.3 Å². The summed E-state index contributed by atoms with van der Waals surface area (Å²) in [6, 6.07) is 17.2. The monoisotopic (exact) mass is 662 g/mol. The zero-order chi connectivity index (χ0) is 24.9. The number of ether oxygens (including phenoxy) is 2. The standard InChI is InChI=1S/C26H21Br3N2O4/c1-3-33-22-10-18(20(28)12-23(22)34-14-16-6-4-15(2)5-7-16)13-30-31-26(32)24-9-17-8-19(27)11-21(29)25(17)35-24/h4-13H,3,14H2,1-2H3,(H,31,32)/b30-13-. The molecule has 1 N–H and O–H groups in total.